The fourth-order valence-electron chi connectivity index (χ4n) is 2.17. The van der Waals surface area contributed by atoms with Crippen molar-refractivity contribution in [1.82, 2.24) is 20.1 Å². The molecule has 2 heterocycles. The smallest absolute Gasteiger partial charge is 0.254 e. The summed E-state index contributed by atoms with van der Waals surface area (Å²) < 4.78 is 6.31. The fraction of sp³-hybridized carbons (Fsp3) is 0.125. The maximum Gasteiger partial charge on any atom is 0.254 e. The maximum atomic E-state index is 12.1. The van der Waals surface area contributed by atoms with Gasteiger partial charge in [0.25, 0.3) is 5.91 Å². The highest BCUT2D eigenvalue weighted by atomic mass is 35.5. The van der Waals surface area contributed by atoms with Crippen LogP contribution in [-0.4, -0.2) is 33.1 Å². The topological polar surface area (TPSA) is 102 Å². The van der Waals surface area contributed by atoms with Crippen LogP contribution in [0.5, 0.6) is 0 Å². The lowest BCUT2D eigenvalue weighted by Crippen LogP contribution is -2.27. The first-order valence-electron chi connectivity index (χ1n) is 7.39. The van der Waals surface area contributed by atoms with Crippen molar-refractivity contribution in [3.63, 3.8) is 0 Å². The minimum Gasteiger partial charge on any atom is -0.472 e. The van der Waals surface area contributed by atoms with Gasteiger partial charge in [0.05, 0.1) is 22.5 Å². The Morgan fingerprint density at radius 1 is 1.28 bits per heavy atom. The fourth-order valence-corrected chi connectivity index (χ4v) is 2.43. The zero-order valence-electron chi connectivity index (χ0n) is 13.0. The van der Waals surface area contributed by atoms with Crippen LogP contribution in [0.15, 0.2) is 53.9 Å². The van der Waals surface area contributed by atoms with E-state index in [9.17, 15) is 9.59 Å². The predicted octanol–water partition coefficient (Wildman–Crippen LogP) is 2.27. The molecule has 0 aliphatic heterocycles. The van der Waals surface area contributed by atoms with Crippen molar-refractivity contribution in [3.05, 3.63) is 60.0 Å². The van der Waals surface area contributed by atoms with Crippen LogP contribution < -0.4 is 10.6 Å². The monoisotopic (exact) mass is 359 g/mol. The quantitative estimate of drug-likeness (QED) is 0.703. The zero-order valence-corrected chi connectivity index (χ0v) is 13.7. The van der Waals surface area contributed by atoms with Crippen molar-refractivity contribution in [1.29, 1.82) is 0 Å². The third-order valence-corrected chi connectivity index (χ3v) is 3.63. The van der Waals surface area contributed by atoms with Crippen molar-refractivity contribution in [2.24, 2.45) is 0 Å². The van der Waals surface area contributed by atoms with Gasteiger partial charge in [0.1, 0.15) is 24.6 Å². The summed E-state index contributed by atoms with van der Waals surface area (Å²) in [4.78, 5) is 27.8. The van der Waals surface area contributed by atoms with Gasteiger partial charge in [-0.25, -0.2) is 9.67 Å². The van der Waals surface area contributed by atoms with E-state index in [0.29, 0.717) is 22.0 Å². The number of amides is 2. The van der Waals surface area contributed by atoms with Crippen molar-refractivity contribution in [2.45, 2.75) is 6.42 Å². The largest absolute Gasteiger partial charge is 0.472 e. The van der Waals surface area contributed by atoms with Gasteiger partial charge in [-0.3, -0.25) is 9.59 Å². The van der Waals surface area contributed by atoms with E-state index in [4.69, 9.17) is 16.0 Å². The van der Waals surface area contributed by atoms with E-state index in [0.717, 1.165) is 0 Å². The Morgan fingerprint density at radius 3 is 2.88 bits per heavy atom. The molecule has 0 atom stereocenters. The molecular weight excluding hydrogens is 346 g/mol. The van der Waals surface area contributed by atoms with Crippen LogP contribution in [0.4, 0.5) is 5.69 Å². The molecule has 2 amide bonds. The van der Waals surface area contributed by atoms with Crippen LogP contribution in [0.3, 0.4) is 0 Å². The Balaban J connectivity index is 1.60. The number of benzene rings is 1. The van der Waals surface area contributed by atoms with Gasteiger partial charge in [-0.15, -0.1) is 0 Å². The third-order valence-electron chi connectivity index (χ3n) is 3.33. The summed E-state index contributed by atoms with van der Waals surface area (Å²) in [5.41, 5.74) is 1.44. The van der Waals surface area contributed by atoms with Gasteiger partial charge in [-0.2, -0.15) is 5.10 Å². The second-order valence-electron chi connectivity index (χ2n) is 5.04. The highest BCUT2D eigenvalue weighted by molar-refractivity contribution is 6.33. The average Bonchev–Trinajstić information content (AvgIpc) is 3.29. The molecule has 3 rings (SSSR count). The van der Waals surface area contributed by atoms with Crippen LogP contribution in [0, 0.1) is 0 Å². The number of nitrogens with zero attached hydrogens (tertiary/aromatic N) is 3. The van der Waals surface area contributed by atoms with Crippen LogP contribution in [0.1, 0.15) is 16.8 Å². The summed E-state index contributed by atoms with van der Waals surface area (Å²) in [6, 6.07) is 6.68. The lowest BCUT2D eigenvalue weighted by Gasteiger charge is -2.12. The van der Waals surface area contributed by atoms with E-state index in [2.05, 4.69) is 20.7 Å². The first kappa shape index (κ1) is 16.7. The van der Waals surface area contributed by atoms with Crippen molar-refractivity contribution < 1.29 is 14.0 Å². The second kappa shape index (κ2) is 7.63. The number of nitrogens with one attached hydrogen (secondary N) is 2. The standard InChI is InChI=1S/C16H14ClN5O3/c17-12-2-1-3-13(15(12)22-10-18-9-20-22)21-14(23)4-6-19-16(24)11-5-7-25-8-11/h1-3,5,7-10H,4,6H2,(H,19,24)(H,21,23). The Bertz CT molecular complexity index is 862. The van der Waals surface area contributed by atoms with E-state index in [-0.39, 0.29) is 24.8 Å². The lowest BCUT2D eigenvalue weighted by atomic mass is 10.2. The molecule has 0 saturated heterocycles. The molecular formula is C16H14ClN5O3. The molecule has 2 aromatic heterocycles. The highest BCUT2D eigenvalue weighted by Crippen LogP contribution is 2.27. The molecule has 25 heavy (non-hydrogen) atoms. The normalized spacial score (nSPS) is 10.4. The average molecular weight is 360 g/mol. The van der Waals surface area contributed by atoms with Crippen LogP contribution in [-0.2, 0) is 4.79 Å². The summed E-state index contributed by atoms with van der Waals surface area (Å²) in [5, 5.41) is 9.87. The number of hydrogen-bond donors (Lipinski definition) is 2. The van der Waals surface area contributed by atoms with Crippen molar-refractivity contribution >= 4 is 29.1 Å². The van der Waals surface area contributed by atoms with Gasteiger partial charge >= 0.3 is 0 Å². The first-order valence-corrected chi connectivity index (χ1v) is 7.76. The number of carbonyl (C=O) groups is 2. The number of furan rings is 1. The maximum absolute atomic E-state index is 12.1. The summed E-state index contributed by atoms with van der Waals surface area (Å²) in [5.74, 6) is -0.566. The number of rotatable bonds is 6. The van der Waals surface area contributed by atoms with Gasteiger partial charge in [0, 0.05) is 13.0 Å². The third kappa shape index (κ3) is 4.04. The number of anilines is 1. The summed E-state index contributed by atoms with van der Waals surface area (Å²) in [6.45, 7) is 0.190. The van der Waals surface area contributed by atoms with E-state index < -0.39 is 0 Å². The van der Waals surface area contributed by atoms with Crippen LogP contribution in [0.25, 0.3) is 5.69 Å². The summed E-state index contributed by atoms with van der Waals surface area (Å²) in [6.07, 6.45) is 5.72. The number of para-hydroxylation sites is 1. The van der Waals surface area contributed by atoms with Crippen LogP contribution in [0.2, 0.25) is 5.02 Å². The van der Waals surface area contributed by atoms with Gasteiger partial charge in [-0.05, 0) is 18.2 Å². The van der Waals surface area contributed by atoms with Crippen LogP contribution >= 0.6 is 11.6 Å². The number of halogens is 1. The minimum atomic E-state index is -0.299. The second-order valence-corrected chi connectivity index (χ2v) is 5.45. The molecule has 0 spiro atoms. The Kier molecular flexibility index (Phi) is 5.10. The summed E-state index contributed by atoms with van der Waals surface area (Å²) in [7, 11) is 0. The van der Waals surface area contributed by atoms with Gasteiger partial charge in [0.2, 0.25) is 5.91 Å². The van der Waals surface area contributed by atoms with E-state index in [1.807, 2.05) is 0 Å². The SMILES string of the molecule is O=C(CCNC(=O)c1ccoc1)Nc1cccc(Cl)c1-n1cncn1. The number of carbonyl (C=O) groups excluding carboxylic acids is 2. The highest BCUT2D eigenvalue weighted by Gasteiger charge is 2.13. The Hall–Kier alpha value is -3.13. The molecule has 0 unspecified atom stereocenters. The zero-order chi connectivity index (χ0) is 17.6. The molecule has 0 bridgehead atoms. The molecule has 128 valence electrons. The molecule has 2 N–H and O–H groups in total. The molecule has 0 radical (unpaired) electrons. The van der Waals surface area contributed by atoms with Gasteiger partial charge in [-0.1, -0.05) is 17.7 Å². The minimum absolute atomic E-state index is 0.104. The Labute approximate surface area is 147 Å². The predicted molar refractivity (Wildman–Crippen MR) is 90.7 cm³/mol. The van der Waals surface area contributed by atoms with Gasteiger partial charge in [0.15, 0.2) is 0 Å². The van der Waals surface area contributed by atoms with Crippen molar-refractivity contribution in [3.8, 4) is 5.69 Å². The van der Waals surface area contributed by atoms with E-state index in [1.54, 1.807) is 24.3 Å². The summed E-state index contributed by atoms with van der Waals surface area (Å²) >= 11 is 6.20. The molecule has 0 aliphatic rings. The van der Waals surface area contributed by atoms with Crippen molar-refractivity contribution in [2.75, 3.05) is 11.9 Å². The molecule has 0 aliphatic carbocycles. The number of aromatic nitrogens is 3. The van der Waals surface area contributed by atoms with E-state index in [1.165, 1.54) is 29.9 Å². The van der Waals surface area contributed by atoms with E-state index >= 15 is 0 Å². The number of hydrogen-bond acceptors (Lipinski definition) is 5. The molecule has 1 aromatic carbocycles. The molecule has 9 heteroatoms. The molecule has 0 saturated carbocycles. The van der Waals surface area contributed by atoms with Gasteiger partial charge < -0.3 is 15.1 Å². The molecule has 8 nitrogen and oxygen atoms in total. The molecule has 0 fully saturated rings. The Morgan fingerprint density at radius 2 is 2.16 bits per heavy atom. The first-order chi connectivity index (χ1) is 12.1. The molecule has 3 aromatic rings. The lowest BCUT2D eigenvalue weighted by molar-refractivity contribution is -0.116.